The molecular formula is C23H20F4N6O. The van der Waals surface area contributed by atoms with Gasteiger partial charge in [-0.2, -0.15) is 13.2 Å². The third-order valence-corrected chi connectivity index (χ3v) is 5.95. The van der Waals surface area contributed by atoms with Crippen LogP contribution in [0.25, 0.3) is 16.7 Å². The zero-order chi connectivity index (χ0) is 23.9. The first-order valence-corrected chi connectivity index (χ1v) is 10.8. The van der Waals surface area contributed by atoms with Crippen LogP contribution in [0.4, 0.5) is 23.2 Å². The van der Waals surface area contributed by atoms with E-state index in [4.69, 9.17) is 0 Å². The molecule has 1 fully saturated rings. The molecule has 11 heteroatoms. The van der Waals surface area contributed by atoms with Crippen LogP contribution in [0.5, 0.6) is 0 Å². The predicted molar refractivity (Wildman–Crippen MR) is 117 cm³/mol. The van der Waals surface area contributed by atoms with Crippen LogP contribution in [0.2, 0.25) is 0 Å². The van der Waals surface area contributed by atoms with Crippen molar-refractivity contribution in [3.63, 3.8) is 0 Å². The number of alkyl halides is 3. The fraction of sp³-hybridized carbons (Fsp3) is 0.304. The Bertz CT molecular complexity index is 1370. The topological polar surface area (TPSA) is 84.2 Å². The third-order valence-electron chi connectivity index (χ3n) is 5.95. The van der Waals surface area contributed by atoms with E-state index in [1.807, 2.05) is 0 Å². The van der Waals surface area contributed by atoms with Gasteiger partial charge in [0.2, 0.25) is 5.78 Å². The Morgan fingerprint density at radius 2 is 1.94 bits per heavy atom. The normalized spacial score (nSPS) is 18.8. The smallest absolute Gasteiger partial charge is 0.382 e. The Labute approximate surface area is 191 Å². The van der Waals surface area contributed by atoms with Crippen LogP contribution in [0, 0.1) is 5.82 Å². The van der Waals surface area contributed by atoms with E-state index in [-0.39, 0.29) is 34.6 Å². The van der Waals surface area contributed by atoms with Crippen LogP contribution in [0.15, 0.2) is 48.9 Å². The van der Waals surface area contributed by atoms with E-state index in [0.29, 0.717) is 24.3 Å². The summed E-state index contributed by atoms with van der Waals surface area (Å²) in [6.07, 6.45) is 2.80. The van der Waals surface area contributed by atoms with Gasteiger partial charge in [0.15, 0.2) is 0 Å². The van der Waals surface area contributed by atoms with Gasteiger partial charge < -0.3 is 10.6 Å². The minimum atomic E-state index is -4.63. The molecule has 5 rings (SSSR count). The van der Waals surface area contributed by atoms with E-state index >= 15 is 0 Å². The molecule has 0 radical (unpaired) electrons. The number of nitrogens with one attached hydrogen (secondary N) is 2. The number of aromatic nitrogens is 4. The maximum absolute atomic E-state index is 13.8. The quantitative estimate of drug-likeness (QED) is 0.425. The van der Waals surface area contributed by atoms with Crippen molar-refractivity contribution in [2.24, 2.45) is 0 Å². The largest absolute Gasteiger partial charge is 0.433 e. The molecule has 0 unspecified atom stereocenters. The van der Waals surface area contributed by atoms with Gasteiger partial charge in [-0.1, -0.05) is 0 Å². The molecule has 1 saturated carbocycles. The summed E-state index contributed by atoms with van der Waals surface area (Å²) in [5.74, 6) is -0.455. The van der Waals surface area contributed by atoms with E-state index in [1.165, 1.54) is 18.3 Å². The number of anilines is 1. The lowest BCUT2D eigenvalue weighted by atomic mass is 9.90. The molecule has 34 heavy (non-hydrogen) atoms. The minimum Gasteiger partial charge on any atom is -0.382 e. The van der Waals surface area contributed by atoms with Crippen molar-refractivity contribution in [1.29, 1.82) is 0 Å². The predicted octanol–water partition coefficient (Wildman–Crippen LogP) is 4.59. The maximum atomic E-state index is 13.8. The van der Waals surface area contributed by atoms with Crippen molar-refractivity contribution in [1.82, 2.24) is 24.7 Å². The van der Waals surface area contributed by atoms with Crippen molar-refractivity contribution in [3.05, 3.63) is 66.1 Å². The van der Waals surface area contributed by atoms with Gasteiger partial charge >= 0.3 is 6.18 Å². The number of hydrogen-bond donors (Lipinski definition) is 2. The number of carbonyl (C=O) groups excluding carboxylic acids is 1. The number of rotatable bonds is 4. The van der Waals surface area contributed by atoms with Gasteiger partial charge in [-0.25, -0.2) is 19.3 Å². The van der Waals surface area contributed by atoms with Gasteiger partial charge in [0.25, 0.3) is 5.91 Å². The first-order valence-electron chi connectivity index (χ1n) is 10.8. The molecular weight excluding hydrogens is 452 g/mol. The van der Waals surface area contributed by atoms with Crippen molar-refractivity contribution in [2.75, 3.05) is 5.32 Å². The fourth-order valence-electron chi connectivity index (χ4n) is 4.39. The van der Waals surface area contributed by atoms with Crippen LogP contribution in [0.3, 0.4) is 0 Å². The average molecular weight is 472 g/mol. The molecule has 3 heterocycles. The third kappa shape index (κ3) is 4.37. The first-order chi connectivity index (χ1) is 16.3. The van der Waals surface area contributed by atoms with Gasteiger partial charge in [-0.15, -0.1) is 0 Å². The molecule has 0 spiro atoms. The highest BCUT2D eigenvalue weighted by Crippen LogP contribution is 2.34. The number of benzene rings is 1. The Morgan fingerprint density at radius 3 is 2.76 bits per heavy atom. The number of halogens is 4. The van der Waals surface area contributed by atoms with Gasteiger partial charge in [-0.05, 0) is 56.0 Å². The van der Waals surface area contributed by atoms with Crippen LogP contribution >= 0.6 is 0 Å². The summed E-state index contributed by atoms with van der Waals surface area (Å²) in [6.45, 7) is 0. The number of hydrogen-bond acceptors (Lipinski definition) is 5. The van der Waals surface area contributed by atoms with Crippen LogP contribution in [0.1, 0.15) is 41.9 Å². The number of nitrogens with zero attached hydrogens (tertiary/aromatic N) is 4. The van der Waals surface area contributed by atoms with Crippen molar-refractivity contribution in [2.45, 2.75) is 43.9 Å². The van der Waals surface area contributed by atoms with Gasteiger partial charge in [0.1, 0.15) is 17.2 Å². The molecule has 0 aliphatic heterocycles. The summed E-state index contributed by atoms with van der Waals surface area (Å²) in [7, 11) is 0. The molecule has 1 aliphatic carbocycles. The second kappa shape index (κ2) is 8.54. The lowest BCUT2D eigenvalue weighted by Gasteiger charge is -2.31. The highest BCUT2D eigenvalue weighted by Gasteiger charge is 2.34. The number of pyridine rings is 1. The second-order valence-electron chi connectivity index (χ2n) is 8.33. The van der Waals surface area contributed by atoms with Crippen LogP contribution in [-0.4, -0.2) is 37.3 Å². The lowest BCUT2D eigenvalue weighted by Crippen LogP contribution is -2.42. The molecule has 1 amide bonds. The molecule has 0 bridgehead atoms. The summed E-state index contributed by atoms with van der Waals surface area (Å²) in [6, 6.07) is 5.70. The molecule has 2 atom stereocenters. The van der Waals surface area contributed by atoms with E-state index in [0.717, 1.165) is 25.0 Å². The molecule has 1 aliphatic rings. The molecule has 176 valence electrons. The highest BCUT2D eigenvalue weighted by molar-refractivity contribution is 5.93. The monoisotopic (exact) mass is 472 g/mol. The molecule has 2 N–H and O–H groups in total. The summed E-state index contributed by atoms with van der Waals surface area (Å²) < 4.78 is 55.6. The fourth-order valence-corrected chi connectivity index (χ4v) is 4.39. The summed E-state index contributed by atoms with van der Waals surface area (Å²) in [5, 5.41) is 6.41. The van der Waals surface area contributed by atoms with Crippen LogP contribution in [-0.2, 0) is 6.18 Å². The van der Waals surface area contributed by atoms with E-state index in [2.05, 4.69) is 25.6 Å². The summed E-state index contributed by atoms with van der Waals surface area (Å²) in [4.78, 5) is 24.7. The summed E-state index contributed by atoms with van der Waals surface area (Å²) in [5.41, 5.74) is -0.470. The minimum absolute atomic E-state index is 0.0561. The molecule has 0 saturated heterocycles. The van der Waals surface area contributed by atoms with E-state index in [9.17, 15) is 22.4 Å². The summed E-state index contributed by atoms with van der Waals surface area (Å²) >= 11 is 0. The second-order valence-corrected chi connectivity index (χ2v) is 8.33. The van der Waals surface area contributed by atoms with Crippen molar-refractivity contribution in [3.8, 4) is 0 Å². The maximum Gasteiger partial charge on any atom is 0.433 e. The van der Waals surface area contributed by atoms with Gasteiger partial charge in [0.05, 0.1) is 11.7 Å². The Hall–Kier alpha value is -3.76. The van der Waals surface area contributed by atoms with Crippen molar-refractivity contribution >= 4 is 28.3 Å². The molecule has 7 nitrogen and oxygen atoms in total. The van der Waals surface area contributed by atoms with Gasteiger partial charge in [-0.3, -0.25) is 9.20 Å². The molecule has 4 aromatic rings. The first kappa shape index (κ1) is 22.1. The zero-order valence-electron chi connectivity index (χ0n) is 17.8. The zero-order valence-corrected chi connectivity index (χ0v) is 17.8. The number of fused-ring (bicyclic) bond motifs is 2. The number of imidazole rings is 1. The average Bonchev–Trinajstić information content (AvgIpc) is 3.23. The number of amides is 1. The Balaban J connectivity index is 1.35. The SMILES string of the molecule is O=C(N[C@@H]1CCC[C@H](Nc2cc(C(F)(F)F)nc3ccc(F)cc23)C1)c1cnc2ncccn12. The standard InChI is InChI=1S/C23H20F4N6O/c24-13-5-6-17-16(9-13)18(11-20(32-17)23(25,26)27)30-14-3-1-4-15(10-14)31-21(34)19-12-29-22-28-7-2-8-33(19)22/h2,5-9,11-12,14-15H,1,3-4,10H2,(H,30,32)(H,31,34)/t14-,15+/m0/s1. The Morgan fingerprint density at radius 1 is 1.12 bits per heavy atom. The molecule has 1 aromatic carbocycles. The lowest BCUT2D eigenvalue weighted by molar-refractivity contribution is -0.140. The Kier molecular flexibility index (Phi) is 5.54. The number of carbonyl (C=O) groups is 1. The van der Waals surface area contributed by atoms with E-state index in [1.54, 1.807) is 22.9 Å². The highest BCUT2D eigenvalue weighted by atomic mass is 19.4. The van der Waals surface area contributed by atoms with Gasteiger partial charge in [0, 0.05) is 35.6 Å². The van der Waals surface area contributed by atoms with E-state index < -0.39 is 17.7 Å². The van der Waals surface area contributed by atoms with Crippen molar-refractivity contribution < 1.29 is 22.4 Å². The van der Waals surface area contributed by atoms with Crippen LogP contribution < -0.4 is 10.6 Å². The molecule has 3 aromatic heterocycles.